The van der Waals surface area contributed by atoms with Crippen molar-refractivity contribution in [3.63, 3.8) is 0 Å². The van der Waals surface area contributed by atoms with Crippen molar-refractivity contribution in [2.24, 2.45) is 17.1 Å². The summed E-state index contributed by atoms with van der Waals surface area (Å²) >= 11 is 0. The quantitative estimate of drug-likeness (QED) is 0.831. The summed E-state index contributed by atoms with van der Waals surface area (Å²) in [5, 5.41) is 2.97. The van der Waals surface area contributed by atoms with Crippen LogP contribution in [0.1, 0.15) is 49.5 Å². The van der Waals surface area contributed by atoms with Gasteiger partial charge in [-0.1, -0.05) is 39.0 Å². The predicted molar refractivity (Wildman–Crippen MR) is 100 cm³/mol. The molecule has 138 valence electrons. The Bertz CT molecular complexity index is 629. The van der Waals surface area contributed by atoms with Gasteiger partial charge in [0.15, 0.2) is 0 Å². The minimum absolute atomic E-state index is 0.00723. The Labute approximate surface area is 151 Å². The molecule has 1 heterocycles. The van der Waals surface area contributed by atoms with E-state index in [1.165, 1.54) is 0 Å². The molecule has 5 nitrogen and oxygen atoms in total. The van der Waals surface area contributed by atoms with E-state index < -0.39 is 6.04 Å². The summed E-state index contributed by atoms with van der Waals surface area (Å²) < 4.78 is 0. The van der Waals surface area contributed by atoms with Crippen LogP contribution < -0.4 is 11.1 Å². The number of nitrogens with one attached hydrogen (secondary N) is 1. The van der Waals surface area contributed by atoms with Crippen LogP contribution in [0.25, 0.3) is 0 Å². The van der Waals surface area contributed by atoms with E-state index in [0.29, 0.717) is 37.5 Å². The first-order chi connectivity index (χ1) is 11.8. The third-order valence-corrected chi connectivity index (χ3v) is 5.06. The highest BCUT2D eigenvalue weighted by molar-refractivity contribution is 5.98. The molecule has 0 radical (unpaired) electrons. The molecular formula is C20H31N3O2. The monoisotopic (exact) mass is 345 g/mol. The van der Waals surface area contributed by atoms with Crippen LogP contribution in [0.5, 0.6) is 0 Å². The Balaban J connectivity index is 2.12. The maximum Gasteiger partial charge on any atom is 0.252 e. The molecule has 1 saturated heterocycles. The standard InChI is InChI=1S/C20H31N3O2/c1-14(2)11-17(19(25)23-10-9-20(4,12-21)13-23)22-18(24)16-8-6-5-7-15(16)3/h5-8,14,17H,9-13,21H2,1-4H3,(H,22,24). The van der Waals surface area contributed by atoms with Gasteiger partial charge in [0, 0.05) is 18.7 Å². The van der Waals surface area contributed by atoms with Crippen LogP contribution in [0, 0.1) is 18.3 Å². The zero-order valence-corrected chi connectivity index (χ0v) is 15.8. The molecule has 0 aliphatic carbocycles. The van der Waals surface area contributed by atoms with Crippen LogP contribution in [-0.4, -0.2) is 42.4 Å². The molecule has 2 amide bonds. The van der Waals surface area contributed by atoms with Crippen molar-refractivity contribution in [2.75, 3.05) is 19.6 Å². The Morgan fingerprint density at radius 3 is 2.56 bits per heavy atom. The summed E-state index contributed by atoms with van der Waals surface area (Å²) in [7, 11) is 0. The van der Waals surface area contributed by atoms with E-state index >= 15 is 0 Å². The van der Waals surface area contributed by atoms with Gasteiger partial charge in [0.1, 0.15) is 6.04 Å². The molecule has 1 aromatic carbocycles. The zero-order chi connectivity index (χ0) is 18.6. The predicted octanol–water partition coefficient (Wildman–Crippen LogP) is 2.34. The van der Waals surface area contributed by atoms with E-state index in [9.17, 15) is 9.59 Å². The summed E-state index contributed by atoms with van der Waals surface area (Å²) in [5.74, 6) is 0.139. The SMILES string of the molecule is Cc1ccccc1C(=O)NC(CC(C)C)C(=O)N1CCC(C)(CN)C1. The van der Waals surface area contributed by atoms with Crippen molar-refractivity contribution in [3.05, 3.63) is 35.4 Å². The lowest BCUT2D eigenvalue weighted by atomic mass is 9.90. The zero-order valence-electron chi connectivity index (χ0n) is 15.8. The number of carbonyl (C=O) groups excluding carboxylic acids is 2. The number of amides is 2. The van der Waals surface area contributed by atoms with Gasteiger partial charge in [0.2, 0.25) is 5.91 Å². The maximum absolute atomic E-state index is 13.0. The molecule has 0 aromatic heterocycles. The molecule has 0 bridgehead atoms. The summed E-state index contributed by atoms with van der Waals surface area (Å²) in [4.78, 5) is 27.5. The summed E-state index contributed by atoms with van der Waals surface area (Å²) in [6, 6.07) is 6.95. The van der Waals surface area contributed by atoms with Gasteiger partial charge in [-0.3, -0.25) is 9.59 Å². The number of hydrogen-bond donors (Lipinski definition) is 2. The number of rotatable bonds is 6. The highest BCUT2D eigenvalue weighted by Crippen LogP contribution is 2.29. The fraction of sp³-hybridized carbons (Fsp3) is 0.600. The molecule has 0 saturated carbocycles. The minimum atomic E-state index is -0.493. The molecule has 1 aliphatic rings. The first-order valence-electron chi connectivity index (χ1n) is 9.11. The number of aryl methyl sites for hydroxylation is 1. The Morgan fingerprint density at radius 2 is 2.00 bits per heavy atom. The average molecular weight is 345 g/mol. The van der Waals surface area contributed by atoms with E-state index in [2.05, 4.69) is 26.1 Å². The van der Waals surface area contributed by atoms with E-state index in [1.807, 2.05) is 30.0 Å². The van der Waals surface area contributed by atoms with Gasteiger partial charge in [-0.2, -0.15) is 0 Å². The molecule has 3 N–H and O–H groups in total. The lowest BCUT2D eigenvalue weighted by Crippen LogP contribution is -2.49. The first kappa shape index (κ1) is 19.4. The number of nitrogens with two attached hydrogens (primary N) is 1. The van der Waals surface area contributed by atoms with Crippen LogP contribution in [0.15, 0.2) is 24.3 Å². The largest absolute Gasteiger partial charge is 0.340 e. The molecule has 2 unspecified atom stereocenters. The number of hydrogen-bond acceptors (Lipinski definition) is 3. The third-order valence-electron chi connectivity index (χ3n) is 5.06. The molecule has 5 heteroatoms. The van der Waals surface area contributed by atoms with Crippen molar-refractivity contribution < 1.29 is 9.59 Å². The Hall–Kier alpha value is -1.88. The molecule has 1 aliphatic heterocycles. The highest BCUT2D eigenvalue weighted by Gasteiger charge is 2.37. The Kier molecular flexibility index (Phi) is 6.22. The topological polar surface area (TPSA) is 75.4 Å². The molecule has 2 atom stereocenters. The fourth-order valence-electron chi connectivity index (χ4n) is 3.36. The van der Waals surface area contributed by atoms with Crippen molar-refractivity contribution in [3.8, 4) is 0 Å². The molecule has 2 rings (SSSR count). The van der Waals surface area contributed by atoms with Crippen molar-refractivity contribution in [1.82, 2.24) is 10.2 Å². The van der Waals surface area contributed by atoms with Gasteiger partial charge >= 0.3 is 0 Å². The lowest BCUT2D eigenvalue weighted by Gasteiger charge is -2.27. The van der Waals surface area contributed by atoms with Crippen molar-refractivity contribution >= 4 is 11.8 Å². The van der Waals surface area contributed by atoms with Gasteiger partial charge in [-0.25, -0.2) is 0 Å². The van der Waals surface area contributed by atoms with Crippen molar-refractivity contribution in [2.45, 2.75) is 46.6 Å². The molecule has 1 fully saturated rings. The second-order valence-electron chi connectivity index (χ2n) is 8.00. The van der Waals surface area contributed by atoms with E-state index in [0.717, 1.165) is 12.0 Å². The van der Waals surface area contributed by atoms with Gasteiger partial charge in [0.05, 0.1) is 0 Å². The molecule has 1 aromatic rings. The number of benzene rings is 1. The minimum Gasteiger partial charge on any atom is -0.340 e. The van der Waals surface area contributed by atoms with Gasteiger partial charge in [-0.05, 0) is 49.3 Å². The number of nitrogens with zero attached hydrogens (tertiary/aromatic N) is 1. The van der Waals surface area contributed by atoms with Gasteiger partial charge < -0.3 is 16.0 Å². The van der Waals surface area contributed by atoms with Crippen LogP contribution in [-0.2, 0) is 4.79 Å². The summed E-state index contributed by atoms with van der Waals surface area (Å²) in [6.07, 6.45) is 1.54. The Morgan fingerprint density at radius 1 is 1.32 bits per heavy atom. The smallest absolute Gasteiger partial charge is 0.252 e. The first-order valence-corrected chi connectivity index (χ1v) is 9.11. The van der Waals surface area contributed by atoms with Gasteiger partial charge in [0.25, 0.3) is 5.91 Å². The molecule has 0 spiro atoms. The van der Waals surface area contributed by atoms with Crippen LogP contribution in [0.4, 0.5) is 0 Å². The normalized spacial score (nSPS) is 21.4. The second-order valence-corrected chi connectivity index (χ2v) is 8.00. The van der Waals surface area contributed by atoms with E-state index in [-0.39, 0.29) is 17.2 Å². The van der Waals surface area contributed by atoms with Gasteiger partial charge in [-0.15, -0.1) is 0 Å². The average Bonchev–Trinajstić information content (AvgIpc) is 2.96. The van der Waals surface area contributed by atoms with Crippen LogP contribution in [0.3, 0.4) is 0 Å². The van der Waals surface area contributed by atoms with E-state index in [1.54, 1.807) is 6.07 Å². The highest BCUT2D eigenvalue weighted by atomic mass is 16.2. The molecule has 25 heavy (non-hydrogen) atoms. The third kappa shape index (κ3) is 4.82. The van der Waals surface area contributed by atoms with Crippen LogP contribution >= 0.6 is 0 Å². The molecular weight excluding hydrogens is 314 g/mol. The second kappa shape index (κ2) is 8.00. The van der Waals surface area contributed by atoms with Crippen molar-refractivity contribution in [1.29, 1.82) is 0 Å². The maximum atomic E-state index is 13.0. The van der Waals surface area contributed by atoms with E-state index in [4.69, 9.17) is 5.73 Å². The number of carbonyl (C=O) groups is 2. The fourth-order valence-corrected chi connectivity index (χ4v) is 3.36. The van der Waals surface area contributed by atoms with Crippen LogP contribution in [0.2, 0.25) is 0 Å². The number of likely N-dealkylation sites (tertiary alicyclic amines) is 1. The summed E-state index contributed by atoms with van der Waals surface area (Å²) in [5.41, 5.74) is 7.37. The lowest BCUT2D eigenvalue weighted by molar-refractivity contribution is -0.133. The summed E-state index contributed by atoms with van der Waals surface area (Å²) in [6.45, 7) is 10.1.